The number of nitrogens with zero attached hydrogens (tertiary/aromatic N) is 5. The lowest BCUT2D eigenvalue weighted by Gasteiger charge is -2.20. The van der Waals surface area contributed by atoms with Gasteiger partial charge >= 0.3 is 0 Å². The summed E-state index contributed by atoms with van der Waals surface area (Å²) < 4.78 is 1.82. The fourth-order valence-corrected chi connectivity index (χ4v) is 1.95. The van der Waals surface area contributed by atoms with Crippen molar-refractivity contribution in [2.75, 3.05) is 24.5 Å². The van der Waals surface area contributed by atoms with Gasteiger partial charge in [-0.2, -0.15) is 0 Å². The van der Waals surface area contributed by atoms with Gasteiger partial charge in [0.2, 0.25) is 11.6 Å². The summed E-state index contributed by atoms with van der Waals surface area (Å²) in [5, 5.41) is 10.7. The molecule has 0 unspecified atom stereocenters. The van der Waals surface area contributed by atoms with Crippen LogP contribution in [-0.4, -0.2) is 45.1 Å². The number of amides is 1. The molecule has 0 saturated carbocycles. The Hall–Kier alpha value is -2.18. The molecule has 17 heavy (non-hydrogen) atoms. The van der Waals surface area contributed by atoms with Crippen LogP contribution in [-0.2, 0) is 4.79 Å². The lowest BCUT2D eigenvalue weighted by molar-refractivity contribution is -0.120. The van der Waals surface area contributed by atoms with Crippen molar-refractivity contribution in [3.05, 3.63) is 18.7 Å². The van der Waals surface area contributed by atoms with E-state index in [1.165, 1.54) is 0 Å². The minimum absolute atomic E-state index is 0.0842. The molecule has 1 fully saturated rings. The number of anilines is 1. The Morgan fingerprint density at radius 1 is 1.35 bits per heavy atom. The molecule has 0 aromatic carbocycles. The molecule has 0 spiro atoms. The van der Waals surface area contributed by atoms with Crippen molar-refractivity contribution >= 4 is 17.4 Å². The van der Waals surface area contributed by atoms with Crippen molar-refractivity contribution in [2.24, 2.45) is 0 Å². The minimum Gasteiger partial charge on any atom is -0.354 e. The molecule has 0 atom stereocenters. The molecular formula is C10H12N6O. The number of hydrogen-bond acceptors (Lipinski definition) is 5. The molecule has 0 aliphatic carbocycles. The Morgan fingerprint density at radius 2 is 2.29 bits per heavy atom. The van der Waals surface area contributed by atoms with Crippen LogP contribution in [0.4, 0.5) is 5.82 Å². The number of rotatable bonds is 1. The normalized spacial score (nSPS) is 16.9. The number of nitrogens with one attached hydrogen (secondary N) is 1. The molecule has 1 aliphatic rings. The van der Waals surface area contributed by atoms with Crippen LogP contribution in [0.5, 0.6) is 0 Å². The van der Waals surface area contributed by atoms with Crippen LogP contribution in [0, 0.1) is 0 Å². The quantitative estimate of drug-likeness (QED) is 0.714. The zero-order valence-corrected chi connectivity index (χ0v) is 9.20. The van der Waals surface area contributed by atoms with Crippen LogP contribution in [0.2, 0.25) is 0 Å². The Labute approximate surface area is 97.5 Å². The van der Waals surface area contributed by atoms with Crippen LogP contribution >= 0.6 is 0 Å². The molecule has 7 nitrogen and oxygen atoms in total. The van der Waals surface area contributed by atoms with Crippen LogP contribution in [0.1, 0.15) is 6.42 Å². The van der Waals surface area contributed by atoms with Crippen LogP contribution in [0.3, 0.4) is 0 Å². The predicted molar refractivity (Wildman–Crippen MR) is 60.6 cm³/mol. The monoisotopic (exact) mass is 232 g/mol. The van der Waals surface area contributed by atoms with Crippen molar-refractivity contribution in [3.63, 3.8) is 0 Å². The largest absolute Gasteiger partial charge is 0.354 e. The summed E-state index contributed by atoms with van der Waals surface area (Å²) in [7, 11) is 0. The highest BCUT2D eigenvalue weighted by molar-refractivity contribution is 5.77. The average Bonchev–Trinajstić information content (AvgIpc) is 2.72. The third kappa shape index (κ3) is 1.79. The number of aromatic nitrogens is 4. The molecule has 2 aromatic rings. The first-order valence-electron chi connectivity index (χ1n) is 5.50. The van der Waals surface area contributed by atoms with E-state index in [0.29, 0.717) is 19.5 Å². The molecule has 1 amide bonds. The molecule has 3 rings (SSSR count). The Balaban J connectivity index is 1.97. The first kappa shape index (κ1) is 10.0. The van der Waals surface area contributed by atoms with Gasteiger partial charge in [0.15, 0.2) is 5.82 Å². The first-order chi connectivity index (χ1) is 8.34. The molecule has 1 N–H and O–H groups in total. The number of hydrogen-bond donors (Lipinski definition) is 1. The van der Waals surface area contributed by atoms with Gasteiger partial charge in [0, 0.05) is 38.4 Å². The van der Waals surface area contributed by atoms with Gasteiger partial charge in [0.1, 0.15) is 6.33 Å². The maximum absolute atomic E-state index is 11.3. The summed E-state index contributed by atoms with van der Waals surface area (Å²) in [5.41, 5.74) is 0.724. The highest BCUT2D eigenvalue weighted by Crippen LogP contribution is 2.16. The average molecular weight is 232 g/mol. The van der Waals surface area contributed by atoms with E-state index in [4.69, 9.17) is 0 Å². The molecule has 1 aliphatic heterocycles. The van der Waals surface area contributed by atoms with Gasteiger partial charge in [0.25, 0.3) is 0 Å². The topological polar surface area (TPSA) is 75.4 Å². The SMILES string of the molecule is O=C1CCN(c2nccn3cnnc23)CCN1. The van der Waals surface area contributed by atoms with Crippen molar-refractivity contribution in [1.29, 1.82) is 0 Å². The van der Waals surface area contributed by atoms with Gasteiger partial charge in [-0.15, -0.1) is 10.2 Å². The van der Waals surface area contributed by atoms with E-state index in [-0.39, 0.29) is 5.91 Å². The van der Waals surface area contributed by atoms with Crippen molar-refractivity contribution in [1.82, 2.24) is 24.9 Å². The second-order valence-corrected chi connectivity index (χ2v) is 3.90. The zero-order valence-electron chi connectivity index (χ0n) is 9.20. The van der Waals surface area contributed by atoms with Crippen LogP contribution in [0.15, 0.2) is 18.7 Å². The van der Waals surface area contributed by atoms with Crippen molar-refractivity contribution in [3.8, 4) is 0 Å². The zero-order chi connectivity index (χ0) is 11.7. The fourth-order valence-electron chi connectivity index (χ4n) is 1.95. The van der Waals surface area contributed by atoms with Gasteiger partial charge in [-0.1, -0.05) is 0 Å². The molecule has 0 radical (unpaired) electrons. The van der Waals surface area contributed by atoms with E-state index in [0.717, 1.165) is 18.0 Å². The minimum atomic E-state index is 0.0842. The first-order valence-corrected chi connectivity index (χ1v) is 5.50. The van der Waals surface area contributed by atoms with E-state index >= 15 is 0 Å². The van der Waals surface area contributed by atoms with Gasteiger partial charge < -0.3 is 10.2 Å². The highest BCUT2D eigenvalue weighted by Gasteiger charge is 2.17. The number of carbonyl (C=O) groups excluding carboxylic acids is 1. The lowest BCUT2D eigenvalue weighted by Crippen LogP contribution is -2.29. The summed E-state index contributed by atoms with van der Waals surface area (Å²) in [6.45, 7) is 2.03. The Bertz CT molecular complexity index is 550. The number of carbonyl (C=O) groups is 1. The summed E-state index contributed by atoms with van der Waals surface area (Å²) >= 11 is 0. The summed E-state index contributed by atoms with van der Waals surface area (Å²) in [5.74, 6) is 0.863. The van der Waals surface area contributed by atoms with E-state index in [9.17, 15) is 4.79 Å². The third-order valence-electron chi connectivity index (χ3n) is 2.81. The van der Waals surface area contributed by atoms with E-state index < -0.39 is 0 Å². The highest BCUT2D eigenvalue weighted by atomic mass is 16.1. The summed E-state index contributed by atoms with van der Waals surface area (Å²) in [6.07, 6.45) is 5.64. The summed E-state index contributed by atoms with van der Waals surface area (Å²) in [6, 6.07) is 0. The summed E-state index contributed by atoms with van der Waals surface area (Å²) in [4.78, 5) is 17.7. The van der Waals surface area contributed by atoms with Crippen LogP contribution < -0.4 is 10.2 Å². The van der Waals surface area contributed by atoms with E-state index in [1.807, 2.05) is 4.40 Å². The van der Waals surface area contributed by atoms with E-state index in [2.05, 4.69) is 25.4 Å². The molecule has 0 bridgehead atoms. The van der Waals surface area contributed by atoms with Crippen molar-refractivity contribution < 1.29 is 4.79 Å². The molecule has 1 saturated heterocycles. The molecule has 88 valence electrons. The Morgan fingerprint density at radius 3 is 3.24 bits per heavy atom. The van der Waals surface area contributed by atoms with Crippen LogP contribution in [0.25, 0.3) is 5.65 Å². The predicted octanol–water partition coefficient (Wildman–Crippen LogP) is -0.549. The van der Waals surface area contributed by atoms with E-state index in [1.54, 1.807) is 18.7 Å². The Kier molecular flexibility index (Phi) is 2.36. The molecular weight excluding hydrogens is 220 g/mol. The lowest BCUT2D eigenvalue weighted by atomic mass is 10.4. The fraction of sp³-hybridized carbons (Fsp3) is 0.400. The van der Waals surface area contributed by atoms with Gasteiger partial charge in [-0.25, -0.2) is 4.98 Å². The van der Waals surface area contributed by atoms with Gasteiger partial charge in [0.05, 0.1) is 0 Å². The van der Waals surface area contributed by atoms with Gasteiger partial charge in [-0.05, 0) is 0 Å². The molecule has 7 heteroatoms. The standard InChI is InChI=1S/C10H12N6O/c17-8-1-4-15(5-2-11-8)9-10-14-13-7-16(10)6-3-12-9/h3,6-7H,1-2,4-5H2,(H,11,17). The molecule has 2 aromatic heterocycles. The maximum atomic E-state index is 11.3. The second kappa shape index (κ2) is 4.00. The van der Waals surface area contributed by atoms with Crippen molar-refractivity contribution in [2.45, 2.75) is 6.42 Å². The third-order valence-corrected chi connectivity index (χ3v) is 2.81. The smallest absolute Gasteiger partial charge is 0.221 e. The molecule has 3 heterocycles. The second-order valence-electron chi connectivity index (χ2n) is 3.90. The maximum Gasteiger partial charge on any atom is 0.221 e. The number of fused-ring (bicyclic) bond motifs is 1. The van der Waals surface area contributed by atoms with Gasteiger partial charge in [-0.3, -0.25) is 9.20 Å².